The molecule has 0 aliphatic rings. The molecule has 9 heteroatoms. The van der Waals surface area contributed by atoms with Gasteiger partial charge in [0.05, 0.1) is 12.2 Å². The molecule has 0 amide bonds. The number of carboxylic acids is 1. The van der Waals surface area contributed by atoms with Crippen LogP contribution in [0.4, 0.5) is 0 Å². The third-order valence-corrected chi connectivity index (χ3v) is 4.14. The van der Waals surface area contributed by atoms with Crippen LogP contribution in [0.25, 0.3) is 0 Å². The Morgan fingerprint density at radius 1 is 1.00 bits per heavy atom. The Balaban J connectivity index is 0.00000392. The number of carboxylic acid groups (broad SMARTS) is 1. The maximum atomic E-state index is 11.9. The number of phenols is 3. The van der Waals surface area contributed by atoms with Crippen LogP contribution < -0.4 is 5.73 Å². The molecule has 2 aromatic rings. The van der Waals surface area contributed by atoms with Crippen molar-refractivity contribution in [1.29, 1.82) is 0 Å². The number of halogens is 1. The molecule has 0 saturated carbocycles. The van der Waals surface area contributed by atoms with Crippen molar-refractivity contribution in [3.05, 3.63) is 53.6 Å². The molecule has 2 aromatic carbocycles. The predicted molar refractivity (Wildman–Crippen MR) is 103 cm³/mol. The second-order valence-corrected chi connectivity index (χ2v) is 6.04. The van der Waals surface area contributed by atoms with E-state index >= 15 is 0 Å². The van der Waals surface area contributed by atoms with Gasteiger partial charge in [-0.05, 0) is 54.8 Å². The average molecular weight is 412 g/mol. The number of rotatable bonds is 8. The van der Waals surface area contributed by atoms with Gasteiger partial charge in [0.1, 0.15) is 11.8 Å². The monoisotopic (exact) mass is 411 g/mol. The summed E-state index contributed by atoms with van der Waals surface area (Å²) in [7, 11) is 0. The molecule has 6 N–H and O–H groups in total. The second-order valence-electron chi connectivity index (χ2n) is 6.04. The van der Waals surface area contributed by atoms with Crippen molar-refractivity contribution in [3.63, 3.8) is 0 Å². The highest BCUT2D eigenvalue weighted by Gasteiger charge is 2.26. The Labute approximate surface area is 167 Å². The molecule has 2 atom stereocenters. The maximum absolute atomic E-state index is 11.9. The number of carbonyl (C=O) groups excluding carboxylic acids is 1. The minimum atomic E-state index is -1.22. The number of phenolic OH excluding ortho intramolecular Hbond substituents is 3. The van der Waals surface area contributed by atoms with Crippen LogP contribution in [0.5, 0.6) is 17.2 Å². The van der Waals surface area contributed by atoms with E-state index < -0.39 is 23.9 Å². The molecule has 0 spiro atoms. The SMILES string of the molecule is Cl.N[C@H](C(=O)O)C(CCCOC(=O)c1ccc(O)cc1)c1ccc(O)c(O)c1. The first-order chi connectivity index (χ1) is 12.8. The van der Waals surface area contributed by atoms with Crippen molar-refractivity contribution in [1.82, 2.24) is 0 Å². The Bertz CT molecular complexity index is 810. The van der Waals surface area contributed by atoms with Gasteiger partial charge in [0.25, 0.3) is 0 Å². The molecule has 0 aliphatic heterocycles. The zero-order valence-corrected chi connectivity index (χ0v) is 15.6. The Hall–Kier alpha value is -2.97. The minimum absolute atomic E-state index is 0. The topological polar surface area (TPSA) is 150 Å². The van der Waals surface area contributed by atoms with Crippen LogP contribution in [0, 0.1) is 0 Å². The summed E-state index contributed by atoms with van der Waals surface area (Å²) in [5.41, 5.74) is 6.50. The largest absolute Gasteiger partial charge is 0.508 e. The van der Waals surface area contributed by atoms with Gasteiger partial charge in [-0.2, -0.15) is 0 Å². The van der Waals surface area contributed by atoms with Gasteiger partial charge in [0.2, 0.25) is 0 Å². The summed E-state index contributed by atoms with van der Waals surface area (Å²) in [4.78, 5) is 23.2. The van der Waals surface area contributed by atoms with E-state index in [4.69, 9.17) is 10.5 Å². The molecular formula is C19H22ClNO7. The number of hydrogen-bond donors (Lipinski definition) is 5. The number of aromatic hydroxyl groups is 3. The van der Waals surface area contributed by atoms with Crippen LogP contribution in [0.3, 0.4) is 0 Å². The van der Waals surface area contributed by atoms with Crippen LogP contribution in [-0.2, 0) is 9.53 Å². The Kier molecular flexibility index (Phi) is 8.56. The lowest BCUT2D eigenvalue weighted by molar-refractivity contribution is -0.139. The quantitative estimate of drug-likeness (QED) is 0.252. The lowest BCUT2D eigenvalue weighted by atomic mass is 9.87. The fourth-order valence-corrected chi connectivity index (χ4v) is 2.65. The number of nitrogens with two attached hydrogens (primary N) is 1. The predicted octanol–water partition coefficient (Wildman–Crippen LogP) is 2.36. The first-order valence-corrected chi connectivity index (χ1v) is 8.26. The molecule has 0 aliphatic carbocycles. The van der Waals surface area contributed by atoms with E-state index in [9.17, 15) is 30.0 Å². The van der Waals surface area contributed by atoms with Gasteiger partial charge >= 0.3 is 11.9 Å². The van der Waals surface area contributed by atoms with Gasteiger partial charge < -0.3 is 30.9 Å². The summed E-state index contributed by atoms with van der Waals surface area (Å²) < 4.78 is 5.14. The molecule has 0 bridgehead atoms. The molecule has 2 rings (SSSR count). The van der Waals surface area contributed by atoms with Gasteiger partial charge in [-0.25, -0.2) is 4.79 Å². The van der Waals surface area contributed by atoms with E-state index in [0.717, 1.165) is 0 Å². The number of benzene rings is 2. The third-order valence-electron chi connectivity index (χ3n) is 4.14. The van der Waals surface area contributed by atoms with E-state index in [1.165, 1.54) is 42.5 Å². The lowest BCUT2D eigenvalue weighted by Gasteiger charge is -2.21. The second kappa shape index (κ2) is 10.4. The molecule has 152 valence electrons. The number of carbonyl (C=O) groups is 2. The van der Waals surface area contributed by atoms with Crippen molar-refractivity contribution in [3.8, 4) is 17.2 Å². The molecule has 0 heterocycles. The summed E-state index contributed by atoms with van der Waals surface area (Å²) in [6.07, 6.45) is 0.637. The molecule has 8 nitrogen and oxygen atoms in total. The van der Waals surface area contributed by atoms with E-state index in [2.05, 4.69) is 0 Å². The number of aliphatic carboxylic acids is 1. The Morgan fingerprint density at radius 2 is 1.64 bits per heavy atom. The van der Waals surface area contributed by atoms with Gasteiger partial charge in [-0.15, -0.1) is 12.4 Å². The van der Waals surface area contributed by atoms with Crippen LogP contribution in [0.1, 0.15) is 34.7 Å². The molecule has 0 saturated heterocycles. The lowest BCUT2D eigenvalue weighted by Crippen LogP contribution is -2.36. The van der Waals surface area contributed by atoms with E-state index in [0.29, 0.717) is 18.4 Å². The molecule has 1 unspecified atom stereocenters. The molecular weight excluding hydrogens is 390 g/mol. The molecule has 0 fully saturated rings. The van der Waals surface area contributed by atoms with Crippen molar-refractivity contribution < 1.29 is 34.8 Å². The highest BCUT2D eigenvalue weighted by molar-refractivity contribution is 5.89. The number of ether oxygens (including phenoxy) is 1. The van der Waals surface area contributed by atoms with Gasteiger partial charge in [-0.1, -0.05) is 6.07 Å². The van der Waals surface area contributed by atoms with Gasteiger partial charge in [0.15, 0.2) is 11.5 Å². The standard InChI is InChI=1S/C19H21NO7.ClH/c20-17(18(24)25)14(12-5-8-15(22)16(23)10-12)2-1-9-27-19(26)11-3-6-13(21)7-4-11;/h3-8,10,14,17,21-23H,1-2,9,20H2,(H,24,25);1H/t14?,17-;/m0./s1. The van der Waals surface area contributed by atoms with Crippen molar-refractivity contribution in [2.75, 3.05) is 6.61 Å². The van der Waals surface area contributed by atoms with Gasteiger partial charge in [-0.3, -0.25) is 4.79 Å². The summed E-state index contributed by atoms with van der Waals surface area (Å²) in [6, 6.07) is 8.40. The van der Waals surface area contributed by atoms with Crippen LogP contribution in [0.2, 0.25) is 0 Å². The summed E-state index contributed by atoms with van der Waals surface area (Å²) >= 11 is 0. The van der Waals surface area contributed by atoms with E-state index in [1.807, 2.05) is 0 Å². The normalized spacial score (nSPS) is 12.5. The summed E-state index contributed by atoms with van der Waals surface area (Å²) in [5, 5.41) is 37.5. The van der Waals surface area contributed by atoms with Crippen molar-refractivity contribution in [2.24, 2.45) is 5.73 Å². The fourth-order valence-electron chi connectivity index (χ4n) is 2.65. The third kappa shape index (κ3) is 6.04. The zero-order chi connectivity index (χ0) is 20.0. The first-order valence-electron chi connectivity index (χ1n) is 8.26. The van der Waals surface area contributed by atoms with E-state index in [-0.39, 0.29) is 41.8 Å². The van der Waals surface area contributed by atoms with Crippen molar-refractivity contribution >= 4 is 24.3 Å². The summed E-state index contributed by atoms with van der Waals surface area (Å²) in [5.74, 6) is -3.04. The summed E-state index contributed by atoms with van der Waals surface area (Å²) in [6.45, 7) is 0.0482. The molecule has 28 heavy (non-hydrogen) atoms. The number of hydrogen-bond acceptors (Lipinski definition) is 7. The Morgan fingerprint density at radius 3 is 2.21 bits per heavy atom. The van der Waals surface area contributed by atoms with E-state index in [1.54, 1.807) is 0 Å². The highest BCUT2D eigenvalue weighted by atomic mass is 35.5. The maximum Gasteiger partial charge on any atom is 0.338 e. The highest BCUT2D eigenvalue weighted by Crippen LogP contribution is 2.32. The van der Waals surface area contributed by atoms with Gasteiger partial charge in [0, 0.05) is 5.92 Å². The zero-order valence-electron chi connectivity index (χ0n) is 14.8. The van der Waals surface area contributed by atoms with Crippen LogP contribution >= 0.6 is 12.4 Å². The van der Waals surface area contributed by atoms with Crippen LogP contribution in [0.15, 0.2) is 42.5 Å². The molecule has 0 aromatic heterocycles. The first kappa shape index (κ1) is 23.1. The average Bonchev–Trinajstić information content (AvgIpc) is 2.64. The van der Waals surface area contributed by atoms with Crippen molar-refractivity contribution in [2.45, 2.75) is 24.8 Å². The fraction of sp³-hybridized carbons (Fsp3) is 0.263. The smallest absolute Gasteiger partial charge is 0.338 e. The minimum Gasteiger partial charge on any atom is -0.508 e. The number of esters is 1. The van der Waals surface area contributed by atoms with Crippen LogP contribution in [-0.4, -0.2) is 45.0 Å². The molecule has 0 radical (unpaired) electrons.